The molecular weight excluding hydrogens is 498 g/mol. The maximum atomic E-state index is 13.4. The van der Waals surface area contributed by atoms with E-state index >= 15 is 0 Å². The molecule has 3 aromatic carbocycles. The summed E-state index contributed by atoms with van der Waals surface area (Å²) in [4.78, 5) is 17.4. The number of rotatable bonds is 8. The van der Waals surface area contributed by atoms with Crippen molar-refractivity contribution in [3.8, 4) is 28.2 Å². The zero-order valence-corrected chi connectivity index (χ0v) is 22.0. The van der Waals surface area contributed by atoms with Crippen molar-refractivity contribution in [1.82, 2.24) is 19.6 Å². The van der Waals surface area contributed by atoms with E-state index < -0.39 is 10.2 Å². The lowest BCUT2D eigenvalue weighted by Gasteiger charge is -2.17. The summed E-state index contributed by atoms with van der Waals surface area (Å²) >= 11 is 0. The molecule has 1 heterocycles. The molecule has 0 radical (unpaired) electrons. The molecule has 0 aliphatic carbocycles. The van der Waals surface area contributed by atoms with E-state index in [-0.39, 0.29) is 5.43 Å². The standard InChI is InChI=1S/C26H30N5O.ClHO4/c1-5-29(6-2)23-24(30(7-3)8-4)25(23)31-27-21(19-15-11-9-12-16-19)26(32)22(28-31)20-17-13-10-14-18-20;2-1(3,4)5/h9-18H,5-8H2,1-4H3;(H,2,3,4,5)/q+1;/p-1. The topological polar surface area (TPSA) is 146 Å². The number of benzene rings is 2. The molecule has 0 amide bonds. The Morgan fingerprint density at radius 2 is 1.19 bits per heavy atom. The van der Waals surface area contributed by atoms with Crippen LogP contribution in [0.4, 0.5) is 5.69 Å². The van der Waals surface area contributed by atoms with E-state index in [9.17, 15) is 4.79 Å². The van der Waals surface area contributed by atoms with E-state index in [1.54, 1.807) is 4.80 Å². The Labute approximate surface area is 217 Å². The van der Waals surface area contributed by atoms with Crippen molar-refractivity contribution < 1.29 is 28.9 Å². The Hall–Kier alpha value is -3.41. The second-order valence-electron chi connectivity index (χ2n) is 8.02. The van der Waals surface area contributed by atoms with Crippen LogP contribution in [0.3, 0.4) is 0 Å². The lowest BCUT2D eigenvalue weighted by Crippen LogP contribution is -2.68. The maximum absolute atomic E-state index is 13.4. The first-order valence-corrected chi connectivity index (χ1v) is 13.2. The summed E-state index contributed by atoms with van der Waals surface area (Å²) in [5.41, 5.74) is 4.40. The van der Waals surface area contributed by atoms with Gasteiger partial charge in [-0.25, -0.2) is 23.2 Å². The SMILES string of the molecule is CCN(CC)c1c(-n2nc(-c3ccccc3)c(=O)c(-c3ccccc3)n2)c1=[N+](CC)CC.[O-][Cl+3]([O-])([O-])[O-]. The van der Waals surface area contributed by atoms with E-state index in [1.165, 1.54) is 11.0 Å². The molecule has 1 aromatic heterocycles. The molecule has 196 valence electrons. The highest BCUT2D eigenvalue weighted by atomic mass is 35.7. The summed E-state index contributed by atoms with van der Waals surface area (Å²) in [7, 11) is -4.94. The molecule has 0 aliphatic rings. The van der Waals surface area contributed by atoms with Crippen molar-refractivity contribution >= 4 is 5.69 Å². The highest BCUT2D eigenvalue weighted by molar-refractivity contribution is 5.76. The van der Waals surface area contributed by atoms with E-state index in [0.717, 1.165) is 43.0 Å². The van der Waals surface area contributed by atoms with Gasteiger partial charge in [0.25, 0.3) is 5.36 Å². The molecule has 0 aliphatic heterocycles. The van der Waals surface area contributed by atoms with E-state index in [1.807, 2.05) is 60.7 Å². The third-order valence-electron chi connectivity index (χ3n) is 5.88. The lowest BCUT2D eigenvalue weighted by molar-refractivity contribution is -2.00. The highest BCUT2D eigenvalue weighted by Crippen LogP contribution is 2.27. The average Bonchev–Trinajstić information content (AvgIpc) is 3.60. The first-order chi connectivity index (χ1) is 17.6. The van der Waals surface area contributed by atoms with Gasteiger partial charge in [0.15, 0.2) is 5.69 Å². The summed E-state index contributed by atoms with van der Waals surface area (Å²) in [6.45, 7) is 12.2. The minimum absolute atomic E-state index is 0.159. The third kappa shape index (κ3) is 6.88. The third-order valence-corrected chi connectivity index (χ3v) is 5.88. The van der Waals surface area contributed by atoms with Crippen molar-refractivity contribution in [2.45, 2.75) is 27.7 Å². The van der Waals surface area contributed by atoms with Gasteiger partial charge in [0.2, 0.25) is 5.43 Å². The number of hydrogen-bond donors (Lipinski definition) is 0. The molecule has 0 spiro atoms. The van der Waals surface area contributed by atoms with Crippen LogP contribution in [0.5, 0.6) is 0 Å². The summed E-state index contributed by atoms with van der Waals surface area (Å²) in [5, 5.41) is 10.7. The first kappa shape index (κ1) is 28.2. The molecule has 0 bridgehead atoms. The fourth-order valence-electron chi connectivity index (χ4n) is 4.11. The Morgan fingerprint density at radius 3 is 1.54 bits per heavy atom. The Morgan fingerprint density at radius 1 is 0.784 bits per heavy atom. The molecule has 0 saturated heterocycles. The van der Waals surface area contributed by atoms with Gasteiger partial charge < -0.3 is 4.90 Å². The normalized spacial score (nSPS) is 11.2. The zero-order valence-electron chi connectivity index (χ0n) is 21.3. The van der Waals surface area contributed by atoms with Gasteiger partial charge >= 0.3 is 0 Å². The predicted octanol–water partition coefficient (Wildman–Crippen LogP) is -1.26. The van der Waals surface area contributed by atoms with Crippen molar-refractivity contribution in [2.75, 3.05) is 31.1 Å². The van der Waals surface area contributed by atoms with E-state index in [2.05, 4.69) is 37.2 Å². The van der Waals surface area contributed by atoms with Gasteiger partial charge in [-0.2, -0.15) is 0 Å². The van der Waals surface area contributed by atoms with Crippen LogP contribution in [-0.2, 0) is 0 Å². The second kappa shape index (κ2) is 12.2. The lowest BCUT2D eigenvalue weighted by atomic mass is 10.1. The molecule has 4 aromatic rings. The molecule has 0 atom stereocenters. The van der Waals surface area contributed by atoms with Crippen molar-refractivity contribution in [3.05, 3.63) is 76.2 Å². The minimum atomic E-state index is -4.94. The molecule has 0 unspecified atom stereocenters. The smallest absolute Gasteiger partial charge is 0.256 e. The molecule has 0 saturated carbocycles. The summed E-state index contributed by atoms with van der Waals surface area (Å²) in [6.07, 6.45) is 0. The predicted molar refractivity (Wildman–Crippen MR) is 131 cm³/mol. The molecule has 0 N–H and O–H groups in total. The van der Waals surface area contributed by atoms with Gasteiger partial charge in [-0.3, -0.25) is 4.79 Å². The molecule has 37 heavy (non-hydrogen) atoms. The molecule has 11 heteroatoms. The van der Waals surface area contributed by atoms with Crippen LogP contribution >= 0.6 is 0 Å². The number of hydrogen-bond acceptors (Lipinski definition) is 8. The van der Waals surface area contributed by atoms with Crippen molar-refractivity contribution in [2.24, 2.45) is 0 Å². The summed E-state index contributed by atoms with van der Waals surface area (Å²) in [5.74, 6) is 0. The van der Waals surface area contributed by atoms with Crippen LogP contribution in [0.25, 0.3) is 28.2 Å². The average molecular weight is 528 g/mol. The summed E-state index contributed by atoms with van der Waals surface area (Å²) < 4.78 is 36.3. The summed E-state index contributed by atoms with van der Waals surface area (Å²) in [6, 6.07) is 19.3. The Kier molecular flexibility index (Phi) is 9.30. The number of nitrogens with zero attached hydrogens (tertiary/aromatic N) is 5. The Balaban J connectivity index is 0.000000695. The number of aromatic nitrogens is 3. The van der Waals surface area contributed by atoms with Gasteiger partial charge in [0.1, 0.15) is 30.2 Å². The molecule has 4 rings (SSSR count). The molecular formula is C26H30ClN5O5. The van der Waals surface area contributed by atoms with Gasteiger partial charge in [-0.15, -0.1) is 25.2 Å². The highest BCUT2D eigenvalue weighted by Gasteiger charge is 2.35. The fourth-order valence-corrected chi connectivity index (χ4v) is 4.11. The van der Waals surface area contributed by atoms with Crippen molar-refractivity contribution in [3.63, 3.8) is 0 Å². The number of anilines is 1. The molecule has 10 nitrogen and oxygen atoms in total. The van der Waals surface area contributed by atoms with Crippen LogP contribution in [-0.4, -0.2) is 41.2 Å². The molecule has 0 fully saturated rings. The zero-order chi connectivity index (χ0) is 27.2. The quantitative estimate of drug-likeness (QED) is 0.258. The van der Waals surface area contributed by atoms with Crippen LogP contribution in [0.2, 0.25) is 0 Å². The largest absolute Gasteiger partial charge is 0.365 e. The van der Waals surface area contributed by atoms with E-state index in [0.29, 0.717) is 11.4 Å². The maximum Gasteiger partial charge on any atom is 0.256 e. The van der Waals surface area contributed by atoms with Gasteiger partial charge in [-0.1, -0.05) is 60.7 Å². The van der Waals surface area contributed by atoms with Crippen molar-refractivity contribution in [1.29, 1.82) is 0 Å². The van der Waals surface area contributed by atoms with Gasteiger partial charge in [-0.05, 0) is 27.7 Å². The van der Waals surface area contributed by atoms with Crippen LogP contribution in [0, 0.1) is 10.2 Å². The number of halogens is 1. The van der Waals surface area contributed by atoms with Gasteiger partial charge in [0.05, 0.1) is 0 Å². The Bertz CT molecular complexity index is 1310. The fraction of sp³-hybridized carbons (Fsp3) is 0.308. The van der Waals surface area contributed by atoms with E-state index in [4.69, 9.17) is 28.8 Å². The minimum Gasteiger partial charge on any atom is -0.365 e. The van der Waals surface area contributed by atoms with Crippen LogP contribution < -0.4 is 38.9 Å². The monoisotopic (exact) mass is 527 g/mol. The van der Waals surface area contributed by atoms with Gasteiger partial charge in [0, 0.05) is 24.2 Å². The van der Waals surface area contributed by atoms with Crippen LogP contribution in [0.1, 0.15) is 27.7 Å². The second-order valence-corrected chi connectivity index (χ2v) is 8.77. The van der Waals surface area contributed by atoms with Crippen LogP contribution in [0.15, 0.2) is 65.5 Å². The first-order valence-electron chi connectivity index (χ1n) is 12.0.